The van der Waals surface area contributed by atoms with Crippen LogP contribution in [0.4, 0.5) is 0 Å². The Bertz CT molecular complexity index is 568. The average molecular weight is 290 g/mol. The molecule has 0 radical (unpaired) electrons. The van der Waals surface area contributed by atoms with Crippen molar-refractivity contribution in [3.8, 4) is 0 Å². The van der Waals surface area contributed by atoms with Gasteiger partial charge in [0.05, 0.1) is 0 Å². The molecule has 1 atom stereocenters. The van der Waals surface area contributed by atoms with Gasteiger partial charge in [0, 0.05) is 30.1 Å². The molecule has 4 N–H and O–H groups in total. The first kappa shape index (κ1) is 14.5. The van der Waals surface area contributed by atoms with Crippen LogP contribution in [0.15, 0.2) is 40.9 Å². The molecule has 1 aromatic heterocycles. The van der Waals surface area contributed by atoms with Gasteiger partial charge in [0.25, 0.3) is 0 Å². The predicted molar refractivity (Wildman–Crippen MR) is 80.9 cm³/mol. The van der Waals surface area contributed by atoms with E-state index in [1.54, 1.807) is 11.3 Å². The normalized spacial score (nSPS) is 13.3. The molecule has 20 heavy (non-hydrogen) atoms. The van der Waals surface area contributed by atoms with Gasteiger partial charge in [-0.05, 0) is 12.5 Å². The maximum atomic E-state index is 8.74. The van der Waals surface area contributed by atoms with Crippen LogP contribution in [0.25, 0.3) is 0 Å². The molecule has 1 unspecified atom stereocenters. The number of nitrogens with one attached hydrogen (secondary N) is 1. The van der Waals surface area contributed by atoms with Gasteiger partial charge in [-0.25, -0.2) is 4.98 Å². The third-order valence-corrected chi connectivity index (χ3v) is 3.88. The monoisotopic (exact) mass is 290 g/mol. The number of rotatable bonds is 6. The Morgan fingerprint density at radius 2 is 2.20 bits per heavy atom. The van der Waals surface area contributed by atoms with Crippen LogP contribution in [-0.4, -0.2) is 16.0 Å². The maximum Gasteiger partial charge on any atom is 0.141 e. The molecule has 0 amide bonds. The highest BCUT2D eigenvalue weighted by molar-refractivity contribution is 7.09. The van der Waals surface area contributed by atoms with E-state index in [1.165, 1.54) is 0 Å². The molecule has 0 spiro atoms. The maximum absolute atomic E-state index is 8.74. The van der Waals surface area contributed by atoms with Gasteiger partial charge in [-0.3, -0.25) is 0 Å². The first-order valence-corrected chi connectivity index (χ1v) is 7.22. The highest BCUT2D eigenvalue weighted by Crippen LogP contribution is 2.18. The summed E-state index contributed by atoms with van der Waals surface area (Å²) in [5.74, 6) is 0.210. The van der Waals surface area contributed by atoms with Crippen molar-refractivity contribution >= 4 is 17.2 Å². The number of aryl methyl sites for hydroxylation is 1. The van der Waals surface area contributed by atoms with Crippen molar-refractivity contribution in [2.75, 3.05) is 0 Å². The van der Waals surface area contributed by atoms with Crippen LogP contribution in [0.5, 0.6) is 0 Å². The second-order valence-corrected chi connectivity index (χ2v) is 5.46. The summed E-state index contributed by atoms with van der Waals surface area (Å²) < 4.78 is 0. The highest BCUT2D eigenvalue weighted by Gasteiger charge is 2.13. The molecule has 1 aromatic carbocycles. The van der Waals surface area contributed by atoms with E-state index in [9.17, 15) is 0 Å². The minimum Gasteiger partial charge on any atom is -0.409 e. The molecule has 0 aliphatic heterocycles. The summed E-state index contributed by atoms with van der Waals surface area (Å²) in [6.07, 6.45) is 0.449. The Kier molecular flexibility index (Phi) is 5.09. The molecule has 5 nitrogen and oxygen atoms in total. The fourth-order valence-electron chi connectivity index (χ4n) is 1.94. The molecule has 2 aromatic rings. The lowest BCUT2D eigenvalue weighted by Gasteiger charge is -2.18. The van der Waals surface area contributed by atoms with Crippen LogP contribution in [0, 0.1) is 6.92 Å². The second-order valence-electron chi connectivity index (χ2n) is 4.52. The summed E-state index contributed by atoms with van der Waals surface area (Å²) >= 11 is 1.63. The largest absolute Gasteiger partial charge is 0.409 e. The van der Waals surface area contributed by atoms with Gasteiger partial charge in [-0.1, -0.05) is 35.5 Å². The third kappa shape index (κ3) is 4.04. The molecule has 6 heteroatoms. The lowest BCUT2D eigenvalue weighted by molar-refractivity contribution is 0.315. The molecule has 106 valence electrons. The molecular formula is C14H18N4OS. The van der Waals surface area contributed by atoms with Crippen molar-refractivity contribution in [1.29, 1.82) is 0 Å². The fraction of sp³-hybridized carbons (Fsp3) is 0.286. The predicted octanol–water partition coefficient (Wildman–Crippen LogP) is 2.42. The minimum absolute atomic E-state index is 0.00342. The van der Waals surface area contributed by atoms with Gasteiger partial charge in [0.1, 0.15) is 10.8 Å². The van der Waals surface area contributed by atoms with Crippen LogP contribution >= 0.6 is 11.3 Å². The van der Waals surface area contributed by atoms with Crippen LogP contribution < -0.4 is 11.1 Å². The number of nitrogens with zero attached hydrogens (tertiary/aromatic N) is 2. The number of aromatic nitrogens is 1. The Morgan fingerprint density at radius 1 is 1.45 bits per heavy atom. The number of nitrogens with two attached hydrogens (primary N) is 1. The summed E-state index contributed by atoms with van der Waals surface area (Å²) in [6.45, 7) is 2.64. The van der Waals surface area contributed by atoms with Crippen molar-refractivity contribution in [2.45, 2.75) is 25.9 Å². The molecule has 0 saturated heterocycles. The topological polar surface area (TPSA) is 83.5 Å². The lowest BCUT2D eigenvalue weighted by atomic mass is 10.0. The van der Waals surface area contributed by atoms with Gasteiger partial charge < -0.3 is 16.3 Å². The first-order valence-electron chi connectivity index (χ1n) is 6.34. The summed E-state index contributed by atoms with van der Waals surface area (Å²) in [4.78, 5) is 4.42. The highest BCUT2D eigenvalue weighted by atomic mass is 32.1. The minimum atomic E-state index is -0.00342. The Morgan fingerprint density at radius 3 is 2.80 bits per heavy atom. The number of oxime groups is 1. The standard InChI is InChI=1S/C14H18N4OS/c1-10-9-20-14(17-10)8-16-12(7-13(15)18-19)11-5-3-2-4-6-11/h2-6,9,12,16,19H,7-8H2,1H3,(H2,15,18). The van der Waals surface area contributed by atoms with Gasteiger partial charge in [0.15, 0.2) is 0 Å². The van der Waals surface area contributed by atoms with Gasteiger partial charge in [-0.2, -0.15) is 0 Å². The zero-order valence-electron chi connectivity index (χ0n) is 11.3. The number of thiazole rings is 1. The van der Waals surface area contributed by atoms with Crippen LogP contribution in [0.2, 0.25) is 0 Å². The summed E-state index contributed by atoms with van der Waals surface area (Å²) in [5, 5.41) is 18.3. The lowest BCUT2D eigenvalue weighted by Crippen LogP contribution is -2.26. The number of amidine groups is 1. The summed E-state index contributed by atoms with van der Waals surface area (Å²) in [6, 6.07) is 9.96. The van der Waals surface area contributed by atoms with E-state index in [2.05, 4.69) is 15.5 Å². The average Bonchev–Trinajstić information content (AvgIpc) is 2.89. The number of hydrogen-bond acceptors (Lipinski definition) is 5. The van der Waals surface area contributed by atoms with Crippen molar-refractivity contribution in [2.24, 2.45) is 10.9 Å². The molecule has 0 aliphatic rings. The molecular weight excluding hydrogens is 272 g/mol. The zero-order valence-corrected chi connectivity index (χ0v) is 12.1. The van der Waals surface area contributed by atoms with E-state index in [0.29, 0.717) is 13.0 Å². The van der Waals surface area contributed by atoms with E-state index < -0.39 is 0 Å². The van der Waals surface area contributed by atoms with Crippen LogP contribution in [0.3, 0.4) is 0 Å². The number of benzene rings is 1. The van der Waals surface area contributed by atoms with Crippen molar-refractivity contribution in [1.82, 2.24) is 10.3 Å². The molecule has 0 fully saturated rings. The van der Waals surface area contributed by atoms with Gasteiger partial charge >= 0.3 is 0 Å². The van der Waals surface area contributed by atoms with Crippen LogP contribution in [0.1, 0.15) is 28.7 Å². The third-order valence-electron chi connectivity index (χ3n) is 2.91. The first-order chi connectivity index (χ1) is 9.69. The Balaban J connectivity index is 2.06. The van der Waals surface area contributed by atoms with Crippen molar-refractivity contribution in [3.05, 3.63) is 52.0 Å². The summed E-state index contributed by atoms with van der Waals surface area (Å²) in [5.41, 5.74) is 7.76. The molecule has 0 saturated carbocycles. The quantitative estimate of drug-likeness (QED) is 0.330. The van der Waals surface area contributed by atoms with E-state index in [-0.39, 0.29) is 11.9 Å². The smallest absolute Gasteiger partial charge is 0.141 e. The molecule has 2 rings (SSSR count). The van der Waals surface area contributed by atoms with Crippen molar-refractivity contribution < 1.29 is 5.21 Å². The second kappa shape index (κ2) is 7.02. The molecule has 1 heterocycles. The van der Waals surface area contributed by atoms with E-state index in [4.69, 9.17) is 10.9 Å². The van der Waals surface area contributed by atoms with Gasteiger partial charge in [-0.15, -0.1) is 11.3 Å². The molecule has 0 bridgehead atoms. The Hall–Kier alpha value is -1.92. The SMILES string of the molecule is Cc1csc(CNC(CC(N)=NO)c2ccccc2)n1. The van der Waals surface area contributed by atoms with Gasteiger partial charge in [0.2, 0.25) is 0 Å². The van der Waals surface area contributed by atoms with E-state index in [0.717, 1.165) is 16.3 Å². The fourth-order valence-corrected chi connectivity index (χ4v) is 2.66. The van der Waals surface area contributed by atoms with Crippen LogP contribution in [-0.2, 0) is 6.54 Å². The van der Waals surface area contributed by atoms with Crippen molar-refractivity contribution in [3.63, 3.8) is 0 Å². The molecule has 0 aliphatic carbocycles. The zero-order chi connectivity index (χ0) is 14.4. The number of hydrogen-bond donors (Lipinski definition) is 3. The van der Waals surface area contributed by atoms with E-state index in [1.807, 2.05) is 42.6 Å². The Labute approximate surface area is 122 Å². The van der Waals surface area contributed by atoms with E-state index >= 15 is 0 Å². The summed E-state index contributed by atoms with van der Waals surface area (Å²) in [7, 11) is 0.